The molecule has 1 saturated heterocycles. The first-order chi connectivity index (χ1) is 10.9. The van der Waals surface area contributed by atoms with Crippen LogP contribution in [0.3, 0.4) is 0 Å². The van der Waals surface area contributed by atoms with Crippen molar-refractivity contribution in [2.24, 2.45) is 0 Å². The van der Waals surface area contributed by atoms with E-state index in [2.05, 4.69) is 10.2 Å². The first kappa shape index (κ1) is 16.3. The predicted octanol–water partition coefficient (Wildman–Crippen LogP) is 1.42. The number of fused-ring (bicyclic) bond motifs is 1. The number of sulfone groups is 1. The third kappa shape index (κ3) is 4.03. The standard InChI is InChI=1S/C16H22N2O4S/c1-23(20,21)13-4-2-3-7-18(10-13)9-12-5-6-15-14(8-12)17-16(19)11-22-15/h5-6,8,13H,2-4,7,9-11H2,1H3,(H,17,19). The number of likely N-dealkylation sites (tertiary alicyclic amines) is 1. The van der Waals surface area contributed by atoms with Crippen LogP contribution in [0.15, 0.2) is 18.2 Å². The van der Waals surface area contributed by atoms with Crippen molar-refractivity contribution in [1.82, 2.24) is 4.90 Å². The van der Waals surface area contributed by atoms with E-state index in [4.69, 9.17) is 4.74 Å². The van der Waals surface area contributed by atoms with Crippen LogP contribution in [0, 0.1) is 0 Å². The third-order valence-corrected chi connectivity index (χ3v) is 6.00. The summed E-state index contributed by atoms with van der Waals surface area (Å²) >= 11 is 0. The number of nitrogens with zero attached hydrogens (tertiary/aromatic N) is 1. The Morgan fingerprint density at radius 3 is 2.96 bits per heavy atom. The molecule has 2 aliphatic heterocycles. The lowest BCUT2D eigenvalue weighted by molar-refractivity contribution is -0.118. The SMILES string of the molecule is CS(=O)(=O)C1CCCCN(Cc2ccc3c(c2)NC(=O)CO3)C1. The van der Waals surface area contributed by atoms with Crippen LogP contribution >= 0.6 is 0 Å². The third-order valence-electron chi connectivity index (χ3n) is 4.40. The van der Waals surface area contributed by atoms with E-state index in [0.29, 0.717) is 24.5 Å². The Balaban J connectivity index is 1.73. The minimum Gasteiger partial charge on any atom is -0.482 e. The molecule has 0 spiro atoms. The molecule has 1 N–H and O–H groups in total. The zero-order valence-electron chi connectivity index (χ0n) is 13.2. The molecule has 2 heterocycles. The van der Waals surface area contributed by atoms with Crippen molar-refractivity contribution in [3.8, 4) is 5.75 Å². The topological polar surface area (TPSA) is 75.7 Å². The summed E-state index contributed by atoms with van der Waals surface area (Å²) in [5.74, 6) is 0.528. The van der Waals surface area contributed by atoms with Crippen molar-refractivity contribution in [2.75, 3.05) is 31.3 Å². The van der Waals surface area contributed by atoms with Crippen LogP contribution < -0.4 is 10.1 Å². The number of ether oxygens (including phenoxy) is 1. The number of amides is 1. The fourth-order valence-electron chi connectivity index (χ4n) is 3.16. The van der Waals surface area contributed by atoms with Gasteiger partial charge in [-0.3, -0.25) is 9.69 Å². The number of carbonyl (C=O) groups is 1. The van der Waals surface area contributed by atoms with Gasteiger partial charge in [-0.1, -0.05) is 12.5 Å². The molecule has 0 aliphatic carbocycles. The zero-order chi connectivity index (χ0) is 16.4. The molecular weight excluding hydrogens is 316 g/mol. The van der Waals surface area contributed by atoms with Crippen LogP contribution in [0.1, 0.15) is 24.8 Å². The summed E-state index contributed by atoms with van der Waals surface area (Å²) < 4.78 is 29.1. The van der Waals surface area contributed by atoms with Gasteiger partial charge in [0.2, 0.25) is 0 Å². The van der Waals surface area contributed by atoms with Crippen LogP contribution in [-0.4, -0.2) is 50.4 Å². The van der Waals surface area contributed by atoms with Crippen LogP contribution in [0.4, 0.5) is 5.69 Å². The molecule has 1 atom stereocenters. The Labute approximate surface area is 136 Å². The first-order valence-electron chi connectivity index (χ1n) is 7.88. The fraction of sp³-hybridized carbons (Fsp3) is 0.562. The molecule has 0 bridgehead atoms. The number of hydrogen-bond acceptors (Lipinski definition) is 5. The lowest BCUT2D eigenvalue weighted by Crippen LogP contribution is -2.34. The molecule has 1 unspecified atom stereocenters. The summed E-state index contributed by atoms with van der Waals surface area (Å²) in [6.45, 7) is 2.19. The second-order valence-electron chi connectivity index (χ2n) is 6.35. The Hall–Kier alpha value is -1.60. The largest absolute Gasteiger partial charge is 0.482 e. The van der Waals surface area contributed by atoms with Gasteiger partial charge >= 0.3 is 0 Å². The van der Waals surface area contributed by atoms with E-state index >= 15 is 0 Å². The molecule has 0 aromatic heterocycles. The quantitative estimate of drug-likeness (QED) is 0.902. The normalized spacial score (nSPS) is 22.7. The van der Waals surface area contributed by atoms with Gasteiger partial charge in [0.1, 0.15) is 5.75 Å². The monoisotopic (exact) mass is 338 g/mol. The maximum Gasteiger partial charge on any atom is 0.262 e. The molecule has 2 aliphatic rings. The average Bonchev–Trinajstić information content (AvgIpc) is 2.72. The van der Waals surface area contributed by atoms with Crippen LogP contribution in [-0.2, 0) is 21.2 Å². The number of rotatable bonds is 3. The maximum atomic E-state index is 11.9. The van der Waals surface area contributed by atoms with Crippen molar-refractivity contribution in [1.29, 1.82) is 0 Å². The van der Waals surface area contributed by atoms with Crippen molar-refractivity contribution in [3.05, 3.63) is 23.8 Å². The van der Waals surface area contributed by atoms with Crippen molar-refractivity contribution in [3.63, 3.8) is 0 Å². The average molecular weight is 338 g/mol. The zero-order valence-corrected chi connectivity index (χ0v) is 14.1. The Morgan fingerprint density at radius 2 is 2.17 bits per heavy atom. The van der Waals surface area contributed by atoms with Gasteiger partial charge in [0.05, 0.1) is 10.9 Å². The molecular formula is C16H22N2O4S. The van der Waals surface area contributed by atoms with E-state index in [-0.39, 0.29) is 17.8 Å². The molecule has 6 nitrogen and oxygen atoms in total. The molecule has 0 radical (unpaired) electrons. The summed E-state index contributed by atoms with van der Waals surface area (Å²) in [6, 6.07) is 5.74. The van der Waals surface area contributed by atoms with Crippen LogP contribution in [0.2, 0.25) is 0 Å². The minimum absolute atomic E-state index is 0.0501. The van der Waals surface area contributed by atoms with Crippen LogP contribution in [0.25, 0.3) is 0 Å². The van der Waals surface area contributed by atoms with E-state index in [1.807, 2.05) is 18.2 Å². The smallest absolute Gasteiger partial charge is 0.262 e. The summed E-state index contributed by atoms with van der Waals surface area (Å²) in [4.78, 5) is 13.6. The predicted molar refractivity (Wildman–Crippen MR) is 88.3 cm³/mol. The molecule has 1 aromatic rings. The minimum atomic E-state index is -3.01. The van der Waals surface area contributed by atoms with Gasteiger partial charge in [0.15, 0.2) is 16.4 Å². The summed E-state index contributed by atoms with van der Waals surface area (Å²) in [5.41, 5.74) is 1.73. The van der Waals surface area contributed by atoms with Crippen molar-refractivity contribution < 1.29 is 17.9 Å². The lowest BCUT2D eigenvalue weighted by Gasteiger charge is -2.24. The number of anilines is 1. The fourth-order valence-corrected chi connectivity index (χ4v) is 4.23. The summed E-state index contributed by atoms with van der Waals surface area (Å²) in [7, 11) is -3.01. The Morgan fingerprint density at radius 1 is 1.35 bits per heavy atom. The molecule has 7 heteroatoms. The highest BCUT2D eigenvalue weighted by Crippen LogP contribution is 2.29. The summed E-state index contributed by atoms with van der Waals surface area (Å²) in [6.07, 6.45) is 4.02. The van der Waals surface area contributed by atoms with Crippen LogP contribution in [0.5, 0.6) is 5.75 Å². The number of benzene rings is 1. The second-order valence-corrected chi connectivity index (χ2v) is 8.68. The molecule has 3 rings (SSSR count). The Kier molecular flexibility index (Phi) is 4.59. The molecule has 1 aromatic carbocycles. The Bertz CT molecular complexity index is 702. The molecule has 0 saturated carbocycles. The molecule has 23 heavy (non-hydrogen) atoms. The number of nitrogens with one attached hydrogen (secondary N) is 1. The van der Waals surface area contributed by atoms with Gasteiger partial charge in [-0.15, -0.1) is 0 Å². The highest BCUT2D eigenvalue weighted by molar-refractivity contribution is 7.91. The number of carbonyl (C=O) groups excluding carboxylic acids is 1. The molecule has 1 fully saturated rings. The van der Waals surface area contributed by atoms with Gasteiger partial charge in [-0.05, 0) is 37.1 Å². The first-order valence-corrected chi connectivity index (χ1v) is 9.84. The van der Waals surface area contributed by atoms with Gasteiger partial charge in [-0.25, -0.2) is 8.42 Å². The van der Waals surface area contributed by atoms with E-state index < -0.39 is 9.84 Å². The lowest BCUT2D eigenvalue weighted by atomic mass is 10.1. The van der Waals surface area contributed by atoms with Gasteiger partial charge < -0.3 is 10.1 Å². The van der Waals surface area contributed by atoms with Crippen molar-refractivity contribution in [2.45, 2.75) is 31.1 Å². The highest BCUT2D eigenvalue weighted by atomic mass is 32.2. The van der Waals surface area contributed by atoms with E-state index in [1.165, 1.54) is 6.26 Å². The molecule has 126 valence electrons. The number of hydrogen-bond donors (Lipinski definition) is 1. The van der Waals surface area contributed by atoms with E-state index in [0.717, 1.165) is 31.4 Å². The van der Waals surface area contributed by atoms with Gasteiger partial charge in [-0.2, -0.15) is 0 Å². The van der Waals surface area contributed by atoms with Gasteiger partial charge in [0.25, 0.3) is 5.91 Å². The molecule has 1 amide bonds. The van der Waals surface area contributed by atoms with E-state index in [9.17, 15) is 13.2 Å². The van der Waals surface area contributed by atoms with Gasteiger partial charge in [0, 0.05) is 19.3 Å². The van der Waals surface area contributed by atoms with E-state index in [1.54, 1.807) is 0 Å². The van der Waals surface area contributed by atoms with Crippen molar-refractivity contribution >= 4 is 21.4 Å². The maximum absolute atomic E-state index is 11.9. The second kappa shape index (κ2) is 6.49. The highest BCUT2D eigenvalue weighted by Gasteiger charge is 2.26. The summed E-state index contributed by atoms with van der Waals surface area (Å²) in [5, 5.41) is 2.52.